The number of alkyl halides is 3. The lowest BCUT2D eigenvalue weighted by Gasteiger charge is -2.11. The summed E-state index contributed by atoms with van der Waals surface area (Å²) >= 11 is 0. The van der Waals surface area contributed by atoms with Crippen molar-refractivity contribution in [3.05, 3.63) is 35.7 Å². The van der Waals surface area contributed by atoms with E-state index in [0.29, 0.717) is 6.07 Å². The van der Waals surface area contributed by atoms with Crippen molar-refractivity contribution in [1.82, 2.24) is 20.3 Å². The second-order valence-electron chi connectivity index (χ2n) is 4.58. The monoisotopic (exact) mass is 371 g/mol. The Morgan fingerprint density at radius 2 is 1.73 bits per heavy atom. The fourth-order valence-electron chi connectivity index (χ4n) is 1.78. The number of carbonyl (C=O) groups excluding carboxylic acids is 2. The zero-order chi connectivity index (χ0) is 19.3. The van der Waals surface area contributed by atoms with E-state index in [1.165, 1.54) is 20.3 Å². The normalized spacial score (nSPS) is 10.8. The van der Waals surface area contributed by atoms with E-state index in [-0.39, 0.29) is 17.7 Å². The van der Waals surface area contributed by atoms with Crippen LogP contribution in [0.2, 0.25) is 0 Å². The van der Waals surface area contributed by atoms with Gasteiger partial charge in [0, 0.05) is 6.20 Å². The Kier molecular flexibility index (Phi) is 5.54. The van der Waals surface area contributed by atoms with Crippen LogP contribution in [0.1, 0.15) is 16.1 Å². The minimum Gasteiger partial charge on any atom is -0.481 e. The summed E-state index contributed by atoms with van der Waals surface area (Å²) in [6.45, 7) is 0. The number of ether oxygens (including phenoxy) is 2. The van der Waals surface area contributed by atoms with E-state index in [4.69, 9.17) is 9.47 Å². The molecule has 2 aromatic heterocycles. The third-order valence-electron chi connectivity index (χ3n) is 2.88. The van der Waals surface area contributed by atoms with Crippen LogP contribution in [0.3, 0.4) is 0 Å². The van der Waals surface area contributed by atoms with Crippen LogP contribution in [0.25, 0.3) is 0 Å². The van der Waals surface area contributed by atoms with Crippen molar-refractivity contribution in [1.29, 1.82) is 0 Å². The largest absolute Gasteiger partial charge is 0.481 e. The molecule has 0 unspecified atom stereocenters. The molecule has 0 atom stereocenters. The second kappa shape index (κ2) is 7.63. The number of amides is 3. The van der Waals surface area contributed by atoms with E-state index in [1.807, 2.05) is 0 Å². The Balaban J connectivity index is 2.15. The van der Waals surface area contributed by atoms with Gasteiger partial charge in [0.05, 0.1) is 25.8 Å². The molecular weight excluding hydrogens is 359 g/mol. The van der Waals surface area contributed by atoms with Gasteiger partial charge in [-0.05, 0) is 12.1 Å². The SMILES string of the molecule is COc1cc(OC)nc(NC(=O)NC(=O)c2ncccc2C(F)(F)F)n1. The highest BCUT2D eigenvalue weighted by molar-refractivity contribution is 6.07. The molecule has 0 saturated carbocycles. The second-order valence-corrected chi connectivity index (χ2v) is 4.58. The summed E-state index contributed by atoms with van der Waals surface area (Å²) in [6, 6.07) is 1.87. The highest BCUT2D eigenvalue weighted by Gasteiger charge is 2.36. The number of methoxy groups -OCH3 is 2. The number of hydrogen-bond donors (Lipinski definition) is 2. The van der Waals surface area contributed by atoms with Crippen LogP contribution in [0.4, 0.5) is 23.9 Å². The van der Waals surface area contributed by atoms with Gasteiger partial charge >= 0.3 is 12.2 Å². The van der Waals surface area contributed by atoms with Crippen molar-refractivity contribution in [2.24, 2.45) is 0 Å². The van der Waals surface area contributed by atoms with Gasteiger partial charge in [0.1, 0.15) is 5.69 Å². The maximum absolute atomic E-state index is 12.9. The number of nitrogens with zero attached hydrogens (tertiary/aromatic N) is 3. The molecule has 0 bridgehead atoms. The summed E-state index contributed by atoms with van der Waals surface area (Å²) < 4.78 is 48.4. The third kappa shape index (κ3) is 4.55. The number of rotatable bonds is 4. The number of nitrogens with one attached hydrogen (secondary N) is 2. The average molecular weight is 371 g/mol. The van der Waals surface area contributed by atoms with Crippen LogP contribution in [-0.4, -0.2) is 41.1 Å². The summed E-state index contributed by atoms with van der Waals surface area (Å²) in [6.07, 6.45) is -3.81. The number of aromatic nitrogens is 3. The molecule has 0 spiro atoms. The molecule has 2 heterocycles. The molecule has 2 aromatic rings. The summed E-state index contributed by atoms with van der Waals surface area (Å²) in [7, 11) is 2.63. The summed E-state index contributed by atoms with van der Waals surface area (Å²) in [4.78, 5) is 34.7. The first kappa shape index (κ1) is 18.9. The first-order valence-corrected chi connectivity index (χ1v) is 6.86. The van der Waals surface area contributed by atoms with E-state index < -0.39 is 29.4 Å². The van der Waals surface area contributed by atoms with Gasteiger partial charge in [-0.1, -0.05) is 0 Å². The molecule has 3 amide bonds. The lowest BCUT2D eigenvalue weighted by Crippen LogP contribution is -2.36. The number of pyridine rings is 1. The Morgan fingerprint density at radius 1 is 1.12 bits per heavy atom. The lowest BCUT2D eigenvalue weighted by atomic mass is 10.2. The van der Waals surface area contributed by atoms with Crippen LogP contribution >= 0.6 is 0 Å². The minimum atomic E-state index is -4.80. The smallest absolute Gasteiger partial charge is 0.418 e. The number of urea groups is 1. The number of anilines is 1. The van der Waals surface area contributed by atoms with Crippen LogP contribution in [0.15, 0.2) is 24.4 Å². The Morgan fingerprint density at radius 3 is 2.27 bits per heavy atom. The number of imide groups is 1. The summed E-state index contributed by atoms with van der Waals surface area (Å²) in [5.74, 6) is -1.51. The Bertz CT molecular complexity index is 806. The molecule has 2 N–H and O–H groups in total. The van der Waals surface area contributed by atoms with Gasteiger partial charge in [0.25, 0.3) is 5.91 Å². The van der Waals surface area contributed by atoms with Crippen LogP contribution in [0, 0.1) is 0 Å². The molecule has 12 heteroatoms. The van der Waals surface area contributed by atoms with Crippen molar-refractivity contribution in [2.45, 2.75) is 6.18 Å². The Labute approximate surface area is 144 Å². The molecule has 0 aliphatic heterocycles. The van der Waals surface area contributed by atoms with Crippen molar-refractivity contribution in [3.63, 3.8) is 0 Å². The standard InChI is InChI=1S/C14H12F3N5O4/c1-25-8-6-9(26-2)20-12(19-8)22-13(24)21-11(23)10-7(14(15,16)17)4-3-5-18-10/h3-6H,1-2H3,(H2,19,20,21,22,23,24). The van der Waals surface area contributed by atoms with E-state index in [0.717, 1.165) is 12.3 Å². The van der Waals surface area contributed by atoms with Gasteiger partial charge in [-0.2, -0.15) is 23.1 Å². The van der Waals surface area contributed by atoms with E-state index in [9.17, 15) is 22.8 Å². The van der Waals surface area contributed by atoms with Gasteiger partial charge in [0.15, 0.2) is 0 Å². The maximum Gasteiger partial charge on any atom is 0.418 e. The average Bonchev–Trinajstić information content (AvgIpc) is 2.60. The van der Waals surface area contributed by atoms with E-state index in [2.05, 4.69) is 20.3 Å². The zero-order valence-corrected chi connectivity index (χ0v) is 13.4. The Hall–Kier alpha value is -3.44. The van der Waals surface area contributed by atoms with Crippen molar-refractivity contribution in [2.75, 3.05) is 19.5 Å². The molecule has 0 aromatic carbocycles. The van der Waals surface area contributed by atoms with E-state index in [1.54, 1.807) is 5.32 Å². The number of hydrogen-bond acceptors (Lipinski definition) is 7. The van der Waals surface area contributed by atoms with Gasteiger partial charge < -0.3 is 9.47 Å². The topological polar surface area (TPSA) is 115 Å². The molecule has 138 valence electrons. The first-order chi connectivity index (χ1) is 12.2. The fourth-order valence-corrected chi connectivity index (χ4v) is 1.78. The minimum absolute atomic E-state index is 0.0579. The van der Waals surface area contributed by atoms with E-state index >= 15 is 0 Å². The van der Waals surface area contributed by atoms with Crippen molar-refractivity contribution >= 4 is 17.9 Å². The maximum atomic E-state index is 12.9. The predicted molar refractivity (Wildman–Crippen MR) is 80.9 cm³/mol. The van der Waals surface area contributed by atoms with Gasteiger partial charge in [-0.15, -0.1) is 0 Å². The highest BCUT2D eigenvalue weighted by Crippen LogP contribution is 2.30. The van der Waals surface area contributed by atoms with Crippen LogP contribution in [-0.2, 0) is 6.18 Å². The van der Waals surface area contributed by atoms with Crippen LogP contribution < -0.4 is 20.1 Å². The lowest BCUT2D eigenvalue weighted by molar-refractivity contribution is -0.138. The highest BCUT2D eigenvalue weighted by atomic mass is 19.4. The van der Waals surface area contributed by atoms with Gasteiger partial charge in [0.2, 0.25) is 17.7 Å². The molecule has 9 nitrogen and oxygen atoms in total. The molecule has 0 aliphatic rings. The molecule has 0 aliphatic carbocycles. The molecule has 2 rings (SSSR count). The molecular formula is C14H12F3N5O4. The van der Waals surface area contributed by atoms with Crippen molar-refractivity contribution < 1.29 is 32.2 Å². The zero-order valence-electron chi connectivity index (χ0n) is 13.4. The number of halogens is 3. The molecule has 0 saturated heterocycles. The predicted octanol–water partition coefficient (Wildman–Crippen LogP) is 1.87. The molecule has 26 heavy (non-hydrogen) atoms. The van der Waals surface area contributed by atoms with Gasteiger partial charge in [-0.25, -0.2) is 4.79 Å². The fraction of sp³-hybridized carbons (Fsp3) is 0.214. The summed E-state index contributed by atoms with van der Waals surface area (Å²) in [5.41, 5.74) is -2.22. The first-order valence-electron chi connectivity index (χ1n) is 6.86. The van der Waals surface area contributed by atoms with Gasteiger partial charge in [-0.3, -0.25) is 20.4 Å². The van der Waals surface area contributed by atoms with Crippen LogP contribution in [0.5, 0.6) is 11.8 Å². The third-order valence-corrected chi connectivity index (χ3v) is 2.88. The van der Waals surface area contributed by atoms with Crippen molar-refractivity contribution in [3.8, 4) is 11.8 Å². The summed E-state index contributed by atoms with van der Waals surface area (Å²) in [5, 5.41) is 3.81. The quantitative estimate of drug-likeness (QED) is 0.843. The molecule has 0 fully saturated rings. The number of carbonyl (C=O) groups is 2. The molecule has 0 radical (unpaired) electrons.